The molecule has 1 fully saturated rings. The molecule has 2 N–H and O–H groups in total. The molecule has 0 spiro atoms. The van der Waals surface area contributed by atoms with Crippen LogP contribution in [-0.4, -0.2) is 36.0 Å². The number of nitrogens with one attached hydrogen (secondary N) is 1. The molecule has 108 valence electrons. The van der Waals surface area contributed by atoms with Gasteiger partial charge in [0.2, 0.25) is 0 Å². The fourth-order valence-electron chi connectivity index (χ4n) is 2.36. The second-order valence-corrected chi connectivity index (χ2v) is 6.60. The first-order chi connectivity index (χ1) is 9.04. The Morgan fingerprint density at radius 1 is 1.53 bits per heavy atom. The van der Waals surface area contributed by atoms with E-state index in [0.717, 1.165) is 36.4 Å². The Morgan fingerprint density at radius 3 is 2.84 bits per heavy atom. The fraction of sp³-hybridized carbons (Fsp3) is 0.786. The van der Waals surface area contributed by atoms with Crippen LogP contribution in [0.25, 0.3) is 0 Å². The van der Waals surface area contributed by atoms with Crippen LogP contribution in [0.4, 0.5) is 0 Å². The van der Waals surface area contributed by atoms with Crippen LogP contribution in [0, 0.1) is 6.92 Å². The van der Waals surface area contributed by atoms with Gasteiger partial charge in [0.05, 0.1) is 22.9 Å². The van der Waals surface area contributed by atoms with Crippen LogP contribution in [0.5, 0.6) is 0 Å². The maximum absolute atomic E-state index is 10.1. The van der Waals surface area contributed by atoms with Crippen molar-refractivity contribution in [3.05, 3.63) is 15.6 Å². The summed E-state index contributed by atoms with van der Waals surface area (Å²) in [5.74, 6) is 0. The molecule has 2 rings (SSSR count). The molecule has 1 aromatic heterocycles. The highest BCUT2D eigenvalue weighted by Gasteiger charge is 2.34. The Bertz CT molecular complexity index is 416. The van der Waals surface area contributed by atoms with Crippen molar-refractivity contribution in [2.24, 2.45) is 0 Å². The second kappa shape index (κ2) is 6.31. The van der Waals surface area contributed by atoms with E-state index >= 15 is 0 Å². The van der Waals surface area contributed by atoms with Crippen LogP contribution >= 0.6 is 11.3 Å². The number of ether oxygens (including phenoxy) is 1. The largest absolute Gasteiger partial charge is 0.389 e. The highest BCUT2D eigenvalue weighted by molar-refractivity contribution is 7.11. The molecule has 1 saturated carbocycles. The zero-order valence-corrected chi connectivity index (χ0v) is 12.8. The first-order valence-corrected chi connectivity index (χ1v) is 7.76. The van der Waals surface area contributed by atoms with Crippen LogP contribution in [-0.2, 0) is 11.2 Å². The molecule has 1 heterocycles. The maximum Gasteiger partial charge on any atom is 0.0954 e. The molecule has 1 aliphatic carbocycles. The van der Waals surface area contributed by atoms with Gasteiger partial charge < -0.3 is 15.2 Å². The normalized spacial score (nSPS) is 19.2. The Morgan fingerprint density at radius 2 is 2.26 bits per heavy atom. The summed E-state index contributed by atoms with van der Waals surface area (Å²) in [6.07, 6.45) is 3.87. The smallest absolute Gasteiger partial charge is 0.0954 e. The first-order valence-electron chi connectivity index (χ1n) is 6.95. The van der Waals surface area contributed by atoms with Gasteiger partial charge in [0.15, 0.2) is 0 Å². The lowest BCUT2D eigenvalue weighted by molar-refractivity contribution is -0.0328. The summed E-state index contributed by atoms with van der Waals surface area (Å²) in [4.78, 5) is 5.86. The van der Waals surface area contributed by atoms with E-state index < -0.39 is 5.60 Å². The van der Waals surface area contributed by atoms with Gasteiger partial charge in [-0.25, -0.2) is 4.98 Å². The van der Waals surface area contributed by atoms with E-state index in [0.29, 0.717) is 13.2 Å². The summed E-state index contributed by atoms with van der Waals surface area (Å²) in [6, 6.07) is 0.249. The van der Waals surface area contributed by atoms with Crippen molar-refractivity contribution in [2.75, 3.05) is 20.3 Å². The topological polar surface area (TPSA) is 54.4 Å². The van der Waals surface area contributed by atoms with Crippen molar-refractivity contribution >= 4 is 11.3 Å². The van der Waals surface area contributed by atoms with Crippen molar-refractivity contribution in [1.29, 1.82) is 0 Å². The van der Waals surface area contributed by atoms with Crippen LogP contribution in [0.15, 0.2) is 0 Å². The van der Waals surface area contributed by atoms with E-state index in [4.69, 9.17) is 4.74 Å². The molecule has 0 saturated heterocycles. The van der Waals surface area contributed by atoms with Gasteiger partial charge in [-0.2, -0.15) is 0 Å². The highest BCUT2D eigenvalue weighted by atomic mass is 32.1. The average Bonchev–Trinajstić information content (AvgIpc) is 2.72. The summed E-state index contributed by atoms with van der Waals surface area (Å²) in [7, 11) is 1.71. The van der Waals surface area contributed by atoms with E-state index in [1.165, 1.54) is 4.88 Å². The van der Waals surface area contributed by atoms with Gasteiger partial charge in [0, 0.05) is 31.0 Å². The monoisotopic (exact) mass is 284 g/mol. The summed E-state index contributed by atoms with van der Waals surface area (Å²) in [5, 5.41) is 14.7. The van der Waals surface area contributed by atoms with Gasteiger partial charge in [-0.1, -0.05) is 0 Å². The van der Waals surface area contributed by atoms with E-state index in [1.54, 1.807) is 18.4 Å². The molecule has 19 heavy (non-hydrogen) atoms. The van der Waals surface area contributed by atoms with Crippen LogP contribution in [0.3, 0.4) is 0 Å². The summed E-state index contributed by atoms with van der Waals surface area (Å²) < 4.78 is 5.09. The van der Waals surface area contributed by atoms with Crippen LogP contribution in [0.2, 0.25) is 0 Å². The summed E-state index contributed by atoms with van der Waals surface area (Å²) in [5.41, 5.74) is 0.628. The Kier molecular flexibility index (Phi) is 4.95. The van der Waals surface area contributed by atoms with E-state index in [-0.39, 0.29) is 6.04 Å². The number of rotatable bonds is 7. The minimum Gasteiger partial charge on any atom is -0.389 e. The minimum atomic E-state index is -0.467. The molecular formula is C14H24N2O2S. The standard InChI is InChI=1S/C14H24N2O2S/c1-10(15-9-14(17)6-4-7-14)13-11(2)16-12(19-13)5-8-18-3/h10,15,17H,4-9H2,1-3H3. The number of hydrogen-bond acceptors (Lipinski definition) is 5. The number of methoxy groups -OCH3 is 1. The molecule has 0 aliphatic heterocycles. The number of nitrogens with zero attached hydrogens (tertiary/aromatic N) is 1. The number of aryl methyl sites for hydroxylation is 1. The maximum atomic E-state index is 10.1. The molecule has 5 heteroatoms. The summed E-state index contributed by atoms with van der Waals surface area (Å²) >= 11 is 1.75. The van der Waals surface area contributed by atoms with Gasteiger partial charge in [-0.15, -0.1) is 11.3 Å². The van der Waals surface area contributed by atoms with Crippen LogP contribution in [0.1, 0.15) is 47.8 Å². The molecule has 0 amide bonds. The highest BCUT2D eigenvalue weighted by Crippen LogP contribution is 2.32. The molecule has 1 unspecified atom stereocenters. The first kappa shape index (κ1) is 14.9. The van der Waals surface area contributed by atoms with Crippen molar-refractivity contribution in [1.82, 2.24) is 10.3 Å². The third kappa shape index (κ3) is 3.75. The molecule has 0 radical (unpaired) electrons. The average molecular weight is 284 g/mol. The molecule has 4 nitrogen and oxygen atoms in total. The van der Waals surface area contributed by atoms with E-state index in [1.807, 2.05) is 0 Å². The molecule has 1 aliphatic rings. The van der Waals surface area contributed by atoms with Crippen molar-refractivity contribution in [2.45, 2.75) is 51.2 Å². The van der Waals surface area contributed by atoms with Gasteiger partial charge >= 0.3 is 0 Å². The van der Waals surface area contributed by atoms with Gasteiger partial charge in [0.1, 0.15) is 0 Å². The third-order valence-electron chi connectivity index (χ3n) is 3.81. The number of hydrogen-bond donors (Lipinski definition) is 2. The summed E-state index contributed by atoms with van der Waals surface area (Å²) in [6.45, 7) is 5.59. The van der Waals surface area contributed by atoms with E-state index in [9.17, 15) is 5.11 Å². The van der Waals surface area contributed by atoms with Gasteiger partial charge in [-0.3, -0.25) is 0 Å². The van der Waals surface area contributed by atoms with Crippen molar-refractivity contribution < 1.29 is 9.84 Å². The lowest BCUT2D eigenvalue weighted by atomic mass is 9.80. The zero-order chi connectivity index (χ0) is 13.9. The SMILES string of the molecule is COCCc1nc(C)c(C(C)NCC2(O)CCC2)s1. The van der Waals surface area contributed by atoms with Crippen molar-refractivity contribution in [3.8, 4) is 0 Å². The molecule has 1 aromatic rings. The van der Waals surface area contributed by atoms with Crippen molar-refractivity contribution in [3.63, 3.8) is 0 Å². The molecule has 0 aromatic carbocycles. The quantitative estimate of drug-likeness (QED) is 0.806. The molecule has 1 atom stereocenters. The Labute approximate surface area is 119 Å². The Hall–Kier alpha value is -0.490. The lowest BCUT2D eigenvalue weighted by Crippen LogP contribution is -2.46. The zero-order valence-electron chi connectivity index (χ0n) is 12.0. The third-order valence-corrected chi connectivity index (χ3v) is 5.21. The lowest BCUT2D eigenvalue weighted by Gasteiger charge is -2.37. The molecular weight excluding hydrogens is 260 g/mol. The predicted molar refractivity (Wildman–Crippen MR) is 77.6 cm³/mol. The number of aromatic nitrogens is 1. The Balaban J connectivity index is 1.90. The number of aliphatic hydroxyl groups is 1. The van der Waals surface area contributed by atoms with Crippen LogP contribution < -0.4 is 5.32 Å². The van der Waals surface area contributed by atoms with Gasteiger partial charge in [0.25, 0.3) is 0 Å². The minimum absolute atomic E-state index is 0.249. The van der Waals surface area contributed by atoms with E-state index in [2.05, 4.69) is 24.1 Å². The number of thiazole rings is 1. The molecule has 0 bridgehead atoms. The fourth-order valence-corrected chi connectivity index (χ4v) is 3.44. The van der Waals surface area contributed by atoms with Gasteiger partial charge in [-0.05, 0) is 33.1 Å². The second-order valence-electron chi connectivity index (χ2n) is 5.48. The predicted octanol–water partition coefficient (Wildman–Crippen LogP) is 2.21.